The zero-order valence-electron chi connectivity index (χ0n) is 14.1. The summed E-state index contributed by atoms with van der Waals surface area (Å²) in [6.07, 6.45) is 8.95. The predicted molar refractivity (Wildman–Crippen MR) is 94.0 cm³/mol. The second-order valence-electron chi connectivity index (χ2n) is 6.94. The third-order valence-electron chi connectivity index (χ3n) is 5.26. The van der Waals surface area contributed by atoms with Gasteiger partial charge in [-0.3, -0.25) is 5.43 Å². The van der Waals surface area contributed by atoms with Crippen molar-refractivity contribution < 1.29 is 9.47 Å². The average molecular weight is 329 g/mol. The van der Waals surface area contributed by atoms with Gasteiger partial charge < -0.3 is 14.8 Å². The minimum atomic E-state index is 0.306. The highest BCUT2D eigenvalue weighted by Crippen LogP contribution is 2.36. The van der Waals surface area contributed by atoms with Crippen molar-refractivity contribution in [3.05, 3.63) is 35.4 Å². The standard InChI is InChI=1S/C19H27N3O2/c1-2-4-14(5-3-1)8-9-20-11-16-12-21-22-19(16)15-6-7-17-18(10-15)24-13-23-17/h4,6-7,10,16,19-22H,1-3,5,8-9,11-13H2. The molecule has 0 spiro atoms. The Morgan fingerprint density at radius 3 is 3.04 bits per heavy atom. The summed E-state index contributed by atoms with van der Waals surface area (Å²) in [7, 11) is 0. The fourth-order valence-corrected chi connectivity index (χ4v) is 3.86. The van der Waals surface area contributed by atoms with Crippen molar-refractivity contribution in [3.63, 3.8) is 0 Å². The van der Waals surface area contributed by atoms with Crippen LogP contribution >= 0.6 is 0 Å². The highest BCUT2D eigenvalue weighted by molar-refractivity contribution is 5.45. The summed E-state index contributed by atoms with van der Waals surface area (Å²) in [5.74, 6) is 2.24. The molecule has 2 unspecified atom stereocenters. The molecule has 0 amide bonds. The molecule has 3 N–H and O–H groups in total. The Kier molecular flexibility index (Phi) is 5.02. The maximum Gasteiger partial charge on any atom is 0.231 e. The monoisotopic (exact) mass is 329 g/mol. The molecule has 5 nitrogen and oxygen atoms in total. The van der Waals surface area contributed by atoms with E-state index < -0.39 is 0 Å². The van der Waals surface area contributed by atoms with E-state index in [1.165, 1.54) is 37.7 Å². The maximum absolute atomic E-state index is 5.51. The fourth-order valence-electron chi connectivity index (χ4n) is 3.86. The molecule has 2 heterocycles. The van der Waals surface area contributed by atoms with E-state index in [9.17, 15) is 0 Å². The zero-order valence-corrected chi connectivity index (χ0v) is 14.1. The Bertz CT molecular complexity index is 602. The Hall–Kier alpha value is -1.56. The molecule has 2 aliphatic heterocycles. The van der Waals surface area contributed by atoms with Gasteiger partial charge in [-0.1, -0.05) is 17.7 Å². The van der Waals surface area contributed by atoms with Crippen LogP contribution in [0.5, 0.6) is 11.5 Å². The Morgan fingerprint density at radius 2 is 2.12 bits per heavy atom. The van der Waals surface area contributed by atoms with E-state index in [1.54, 1.807) is 5.57 Å². The summed E-state index contributed by atoms with van der Waals surface area (Å²) < 4.78 is 10.9. The van der Waals surface area contributed by atoms with Gasteiger partial charge in [-0.05, 0) is 56.3 Å². The number of benzene rings is 1. The van der Waals surface area contributed by atoms with Crippen molar-refractivity contribution in [2.24, 2.45) is 5.92 Å². The van der Waals surface area contributed by atoms with Crippen LogP contribution in [0.2, 0.25) is 0 Å². The second-order valence-corrected chi connectivity index (χ2v) is 6.94. The van der Waals surface area contributed by atoms with E-state index in [-0.39, 0.29) is 0 Å². The van der Waals surface area contributed by atoms with Crippen molar-refractivity contribution in [2.45, 2.75) is 38.1 Å². The van der Waals surface area contributed by atoms with Crippen LogP contribution in [0.4, 0.5) is 0 Å². The molecule has 3 aliphatic rings. The number of hydrazine groups is 1. The quantitative estimate of drug-likeness (QED) is 0.553. The van der Waals surface area contributed by atoms with Gasteiger partial charge in [-0.2, -0.15) is 0 Å². The summed E-state index contributed by atoms with van der Waals surface area (Å²) in [5.41, 5.74) is 9.61. The van der Waals surface area contributed by atoms with Gasteiger partial charge in [0.2, 0.25) is 6.79 Å². The molecule has 24 heavy (non-hydrogen) atoms. The normalized spacial score (nSPS) is 25.8. The van der Waals surface area contributed by atoms with E-state index in [0.29, 0.717) is 18.8 Å². The second kappa shape index (κ2) is 7.55. The average Bonchev–Trinajstić information content (AvgIpc) is 3.28. The molecule has 1 aromatic rings. The van der Waals surface area contributed by atoms with Gasteiger partial charge in [0.1, 0.15) is 0 Å². The number of rotatable bonds is 6. The summed E-state index contributed by atoms with van der Waals surface area (Å²) in [6, 6.07) is 6.56. The minimum Gasteiger partial charge on any atom is -0.454 e. The first-order valence-corrected chi connectivity index (χ1v) is 9.17. The zero-order chi connectivity index (χ0) is 16.2. The van der Waals surface area contributed by atoms with Crippen molar-refractivity contribution in [2.75, 3.05) is 26.4 Å². The molecular formula is C19H27N3O2. The van der Waals surface area contributed by atoms with Gasteiger partial charge in [0.25, 0.3) is 0 Å². The largest absolute Gasteiger partial charge is 0.454 e. The van der Waals surface area contributed by atoms with E-state index in [4.69, 9.17) is 9.47 Å². The van der Waals surface area contributed by atoms with Crippen LogP contribution in [0, 0.1) is 5.92 Å². The van der Waals surface area contributed by atoms with Crippen LogP contribution in [0.1, 0.15) is 43.7 Å². The topological polar surface area (TPSA) is 54.5 Å². The minimum absolute atomic E-state index is 0.306. The third-order valence-corrected chi connectivity index (χ3v) is 5.26. The Balaban J connectivity index is 1.29. The van der Waals surface area contributed by atoms with Crippen molar-refractivity contribution in [1.29, 1.82) is 0 Å². The lowest BCUT2D eigenvalue weighted by Gasteiger charge is -2.20. The molecule has 0 bridgehead atoms. The number of ether oxygens (including phenoxy) is 2. The Labute approximate surface area is 143 Å². The molecule has 1 fully saturated rings. The molecule has 1 aromatic carbocycles. The van der Waals surface area contributed by atoms with Crippen LogP contribution in [0.15, 0.2) is 29.8 Å². The molecule has 1 saturated heterocycles. The van der Waals surface area contributed by atoms with Gasteiger partial charge in [-0.25, -0.2) is 5.43 Å². The lowest BCUT2D eigenvalue weighted by molar-refractivity contribution is 0.174. The van der Waals surface area contributed by atoms with Gasteiger partial charge in [-0.15, -0.1) is 0 Å². The van der Waals surface area contributed by atoms with E-state index >= 15 is 0 Å². The number of nitrogens with one attached hydrogen (secondary N) is 3. The van der Waals surface area contributed by atoms with E-state index in [0.717, 1.165) is 31.1 Å². The first-order valence-electron chi connectivity index (χ1n) is 9.17. The molecule has 5 heteroatoms. The highest BCUT2D eigenvalue weighted by atomic mass is 16.7. The van der Waals surface area contributed by atoms with Crippen LogP contribution in [0.3, 0.4) is 0 Å². The molecule has 4 rings (SSSR count). The number of allylic oxidation sites excluding steroid dienone is 1. The summed E-state index contributed by atoms with van der Waals surface area (Å²) in [4.78, 5) is 0. The third kappa shape index (κ3) is 3.58. The smallest absolute Gasteiger partial charge is 0.231 e. The summed E-state index contributed by atoms with van der Waals surface area (Å²) in [6.45, 7) is 3.41. The first kappa shape index (κ1) is 15.9. The molecule has 130 valence electrons. The van der Waals surface area contributed by atoms with Crippen LogP contribution < -0.4 is 25.6 Å². The number of hydrogen-bond donors (Lipinski definition) is 3. The van der Waals surface area contributed by atoms with Crippen molar-refractivity contribution in [1.82, 2.24) is 16.2 Å². The van der Waals surface area contributed by atoms with Gasteiger partial charge in [0.15, 0.2) is 11.5 Å². The predicted octanol–water partition coefficient (Wildman–Crippen LogP) is 2.66. The van der Waals surface area contributed by atoms with Gasteiger partial charge in [0.05, 0.1) is 6.04 Å². The van der Waals surface area contributed by atoms with Crippen LogP contribution in [-0.4, -0.2) is 26.4 Å². The lowest BCUT2D eigenvalue weighted by atomic mass is 9.94. The van der Waals surface area contributed by atoms with Gasteiger partial charge >= 0.3 is 0 Å². The first-order chi connectivity index (χ1) is 11.9. The molecule has 1 aliphatic carbocycles. The van der Waals surface area contributed by atoms with Crippen molar-refractivity contribution >= 4 is 0 Å². The number of hydrogen-bond acceptors (Lipinski definition) is 5. The molecule has 2 atom stereocenters. The Morgan fingerprint density at radius 1 is 1.17 bits per heavy atom. The molecular weight excluding hydrogens is 302 g/mol. The fraction of sp³-hybridized carbons (Fsp3) is 0.579. The van der Waals surface area contributed by atoms with Crippen LogP contribution in [-0.2, 0) is 0 Å². The van der Waals surface area contributed by atoms with E-state index in [2.05, 4.69) is 34.4 Å². The number of fused-ring (bicyclic) bond motifs is 1. The molecule has 0 radical (unpaired) electrons. The summed E-state index contributed by atoms with van der Waals surface area (Å²) in [5, 5.41) is 3.65. The summed E-state index contributed by atoms with van der Waals surface area (Å²) >= 11 is 0. The van der Waals surface area contributed by atoms with Crippen LogP contribution in [0.25, 0.3) is 0 Å². The molecule has 0 saturated carbocycles. The van der Waals surface area contributed by atoms with Gasteiger partial charge in [0, 0.05) is 19.0 Å². The van der Waals surface area contributed by atoms with Crippen molar-refractivity contribution in [3.8, 4) is 11.5 Å². The molecule has 0 aromatic heterocycles. The highest BCUT2D eigenvalue weighted by Gasteiger charge is 2.29. The van der Waals surface area contributed by atoms with E-state index in [1.807, 2.05) is 6.07 Å². The maximum atomic E-state index is 5.51. The SMILES string of the molecule is C1=C(CCNCC2CNNC2c2ccc3c(c2)OCO3)CCCC1. The lowest BCUT2D eigenvalue weighted by Crippen LogP contribution is -2.29.